The summed E-state index contributed by atoms with van der Waals surface area (Å²) < 4.78 is 28.0. The van der Waals surface area contributed by atoms with Crippen LogP contribution in [0, 0.1) is 5.92 Å². The first-order valence-electron chi connectivity index (χ1n) is 10.1. The van der Waals surface area contributed by atoms with Crippen molar-refractivity contribution < 1.29 is 33.3 Å². The van der Waals surface area contributed by atoms with Crippen LogP contribution < -0.4 is 14.2 Å². The Kier molecular flexibility index (Phi) is 6.43. The van der Waals surface area contributed by atoms with Crippen LogP contribution in [0.15, 0.2) is 30.3 Å². The summed E-state index contributed by atoms with van der Waals surface area (Å²) in [6.07, 6.45) is 0. The van der Waals surface area contributed by atoms with Crippen LogP contribution in [0.1, 0.15) is 43.6 Å². The molecule has 0 atom stereocenters. The second-order valence-electron chi connectivity index (χ2n) is 8.21. The summed E-state index contributed by atoms with van der Waals surface area (Å²) in [5, 5.41) is 0. The first-order chi connectivity index (χ1) is 14.7. The minimum Gasteiger partial charge on any atom is -0.493 e. The molecule has 0 unspecified atom stereocenters. The van der Waals surface area contributed by atoms with Crippen LogP contribution >= 0.6 is 0 Å². The standard InChI is InChI=1S/C24H28O7/c1-14(2)22(25)31-24(3,4)13-30-20-16(10-11-19(27-5)21(20)28-6)15-8-7-9-17-18(15)12-29-23(17)26/h7-11,14H,12-13H2,1-6H3. The van der Waals surface area contributed by atoms with Crippen LogP contribution in [0.2, 0.25) is 0 Å². The topological polar surface area (TPSA) is 80.3 Å². The van der Waals surface area contributed by atoms with Crippen molar-refractivity contribution in [1.29, 1.82) is 0 Å². The number of esters is 2. The Morgan fingerprint density at radius 3 is 2.39 bits per heavy atom. The molecule has 0 saturated heterocycles. The number of benzene rings is 2. The van der Waals surface area contributed by atoms with E-state index >= 15 is 0 Å². The molecule has 2 aromatic carbocycles. The minimum absolute atomic E-state index is 0.0897. The first-order valence-corrected chi connectivity index (χ1v) is 10.1. The Labute approximate surface area is 182 Å². The summed E-state index contributed by atoms with van der Waals surface area (Å²) in [5.74, 6) is 0.449. The third-order valence-corrected chi connectivity index (χ3v) is 4.95. The van der Waals surface area contributed by atoms with E-state index in [0.717, 1.165) is 16.7 Å². The lowest BCUT2D eigenvalue weighted by molar-refractivity contribution is -0.163. The van der Waals surface area contributed by atoms with E-state index in [1.54, 1.807) is 53.0 Å². The molecule has 1 aliphatic rings. The average molecular weight is 428 g/mol. The van der Waals surface area contributed by atoms with Gasteiger partial charge in [-0.2, -0.15) is 0 Å². The molecule has 1 heterocycles. The second-order valence-corrected chi connectivity index (χ2v) is 8.21. The van der Waals surface area contributed by atoms with Crippen molar-refractivity contribution in [2.75, 3.05) is 20.8 Å². The largest absolute Gasteiger partial charge is 0.493 e. The number of methoxy groups -OCH3 is 2. The molecule has 3 rings (SSSR count). The van der Waals surface area contributed by atoms with Crippen molar-refractivity contribution in [3.8, 4) is 28.4 Å². The maximum atomic E-state index is 12.1. The molecule has 0 N–H and O–H groups in total. The van der Waals surface area contributed by atoms with Gasteiger partial charge in [-0.3, -0.25) is 4.79 Å². The van der Waals surface area contributed by atoms with Gasteiger partial charge in [-0.05, 0) is 37.6 Å². The van der Waals surface area contributed by atoms with E-state index in [1.807, 2.05) is 12.1 Å². The van der Waals surface area contributed by atoms with Crippen molar-refractivity contribution >= 4 is 11.9 Å². The van der Waals surface area contributed by atoms with Gasteiger partial charge in [0.25, 0.3) is 0 Å². The van der Waals surface area contributed by atoms with E-state index in [-0.39, 0.29) is 31.1 Å². The number of hydrogen-bond acceptors (Lipinski definition) is 7. The van der Waals surface area contributed by atoms with Gasteiger partial charge in [0.2, 0.25) is 5.75 Å². The highest BCUT2D eigenvalue weighted by molar-refractivity contribution is 5.96. The molecule has 7 heteroatoms. The molecule has 0 bridgehead atoms. The van der Waals surface area contributed by atoms with Gasteiger partial charge >= 0.3 is 11.9 Å². The predicted molar refractivity (Wildman–Crippen MR) is 115 cm³/mol. The molecular formula is C24H28O7. The number of cyclic esters (lactones) is 1. The maximum absolute atomic E-state index is 12.1. The Balaban J connectivity index is 2.03. The molecule has 0 fully saturated rings. The molecular weight excluding hydrogens is 400 g/mol. The van der Waals surface area contributed by atoms with Gasteiger partial charge in [-0.15, -0.1) is 0 Å². The van der Waals surface area contributed by atoms with Crippen LogP contribution in [0.25, 0.3) is 11.1 Å². The number of carbonyl (C=O) groups excluding carboxylic acids is 2. The normalized spacial score (nSPS) is 12.9. The van der Waals surface area contributed by atoms with E-state index in [4.69, 9.17) is 23.7 Å². The zero-order chi connectivity index (χ0) is 22.8. The van der Waals surface area contributed by atoms with E-state index in [1.165, 1.54) is 7.11 Å². The van der Waals surface area contributed by atoms with Crippen LogP contribution in [0.5, 0.6) is 17.2 Å². The maximum Gasteiger partial charge on any atom is 0.338 e. The van der Waals surface area contributed by atoms with Gasteiger partial charge in [0, 0.05) is 11.1 Å². The Morgan fingerprint density at radius 1 is 1.03 bits per heavy atom. The summed E-state index contributed by atoms with van der Waals surface area (Å²) in [6, 6.07) is 9.07. The van der Waals surface area contributed by atoms with Gasteiger partial charge in [-0.25, -0.2) is 4.79 Å². The molecule has 0 spiro atoms. The van der Waals surface area contributed by atoms with E-state index < -0.39 is 5.60 Å². The van der Waals surface area contributed by atoms with Crippen molar-refractivity contribution in [2.24, 2.45) is 5.92 Å². The van der Waals surface area contributed by atoms with E-state index in [0.29, 0.717) is 22.8 Å². The van der Waals surface area contributed by atoms with Gasteiger partial charge in [0.1, 0.15) is 18.8 Å². The number of fused-ring (bicyclic) bond motifs is 1. The summed E-state index contributed by atoms with van der Waals surface area (Å²) in [7, 11) is 3.07. The van der Waals surface area contributed by atoms with Crippen molar-refractivity contribution in [1.82, 2.24) is 0 Å². The monoisotopic (exact) mass is 428 g/mol. The molecule has 0 saturated carbocycles. The summed E-state index contributed by atoms with van der Waals surface area (Å²) >= 11 is 0. The lowest BCUT2D eigenvalue weighted by Gasteiger charge is -2.27. The fourth-order valence-corrected chi connectivity index (χ4v) is 3.32. The van der Waals surface area contributed by atoms with Gasteiger partial charge in [0.15, 0.2) is 11.5 Å². The Bertz CT molecular complexity index is 992. The molecule has 2 aromatic rings. The molecule has 7 nitrogen and oxygen atoms in total. The van der Waals surface area contributed by atoms with Crippen LogP contribution in [-0.2, 0) is 20.9 Å². The zero-order valence-corrected chi connectivity index (χ0v) is 18.7. The lowest BCUT2D eigenvalue weighted by Crippen LogP contribution is -2.36. The second kappa shape index (κ2) is 8.88. The van der Waals surface area contributed by atoms with Crippen LogP contribution in [0.3, 0.4) is 0 Å². The smallest absolute Gasteiger partial charge is 0.338 e. The highest BCUT2D eigenvalue weighted by atomic mass is 16.6. The van der Waals surface area contributed by atoms with Crippen molar-refractivity contribution in [3.63, 3.8) is 0 Å². The number of rotatable bonds is 8. The lowest BCUT2D eigenvalue weighted by atomic mass is 9.95. The van der Waals surface area contributed by atoms with E-state index in [9.17, 15) is 9.59 Å². The molecule has 166 valence electrons. The quantitative estimate of drug-likeness (QED) is 0.577. The Morgan fingerprint density at radius 2 is 1.74 bits per heavy atom. The van der Waals surface area contributed by atoms with Gasteiger partial charge < -0.3 is 23.7 Å². The molecule has 0 aromatic heterocycles. The fourth-order valence-electron chi connectivity index (χ4n) is 3.32. The predicted octanol–water partition coefficient (Wildman–Crippen LogP) is 4.40. The van der Waals surface area contributed by atoms with Gasteiger partial charge in [-0.1, -0.05) is 26.0 Å². The van der Waals surface area contributed by atoms with Crippen molar-refractivity contribution in [3.05, 3.63) is 41.5 Å². The molecule has 0 radical (unpaired) electrons. The molecule has 0 amide bonds. The fraction of sp³-hybridized carbons (Fsp3) is 0.417. The first kappa shape index (κ1) is 22.5. The van der Waals surface area contributed by atoms with E-state index in [2.05, 4.69) is 0 Å². The SMILES string of the molecule is COc1ccc(-c2cccc3c2COC3=O)c(OCC(C)(C)OC(=O)C(C)C)c1OC. The minimum atomic E-state index is -0.871. The Hall–Kier alpha value is -3.22. The highest BCUT2D eigenvalue weighted by Crippen LogP contribution is 2.46. The average Bonchev–Trinajstić information content (AvgIpc) is 3.12. The van der Waals surface area contributed by atoms with Crippen LogP contribution in [-0.4, -0.2) is 38.4 Å². The zero-order valence-electron chi connectivity index (χ0n) is 18.7. The number of carbonyl (C=O) groups is 2. The summed E-state index contributed by atoms with van der Waals surface area (Å²) in [4.78, 5) is 24.1. The van der Waals surface area contributed by atoms with Gasteiger partial charge in [0.05, 0.1) is 25.7 Å². The highest BCUT2D eigenvalue weighted by Gasteiger charge is 2.30. The van der Waals surface area contributed by atoms with Crippen LogP contribution in [0.4, 0.5) is 0 Å². The number of hydrogen-bond donors (Lipinski definition) is 0. The number of ether oxygens (including phenoxy) is 5. The molecule has 31 heavy (non-hydrogen) atoms. The third kappa shape index (κ3) is 4.60. The summed E-state index contributed by atoms with van der Waals surface area (Å²) in [5.41, 5.74) is 1.97. The van der Waals surface area contributed by atoms with Crippen molar-refractivity contribution in [2.45, 2.75) is 39.9 Å². The molecule has 0 aliphatic carbocycles. The summed E-state index contributed by atoms with van der Waals surface area (Å²) in [6.45, 7) is 7.41. The molecule has 1 aliphatic heterocycles. The third-order valence-electron chi connectivity index (χ3n) is 4.95.